The fourth-order valence-corrected chi connectivity index (χ4v) is 0.782. The van der Waals surface area contributed by atoms with Crippen LogP contribution >= 0.6 is 0 Å². The molecule has 0 radical (unpaired) electrons. The van der Waals surface area contributed by atoms with Crippen molar-refractivity contribution in [2.24, 2.45) is 0 Å². The molecular weight excluding hydrogens is 548 g/mol. The minimum Gasteiger partial charge on any atom is -0.428 e. The van der Waals surface area contributed by atoms with Crippen LogP contribution in [0.1, 0.15) is 55.4 Å². The molecule has 18 nitrogen and oxygen atoms in total. The second-order valence-electron chi connectivity index (χ2n) is 5.56. The highest BCUT2D eigenvalue weighted by molar-refractivity contribution is 5.69. The monoisotopic (exact) mass is 590 g/mol. The zero-order valence-electron chi connectivity index (χ0n) is 24.2. The van der Waals surface area contributed by atoms with E-state index in [1.807, 2.05) is 0 Å². The van der Waals surface area contributed by atoms with Crippen molar-refractivity contribution in [1.29, 1.82) is 0 Å². The average Bonchev–Trinajstić information content (AvgIpc) is 2.74. The summed E-state index contributed by atoms with van der Waals surface area (Å²) < 4.78 is 34.2. The first-order valence-electron chi connectivity index (χ1n) is 10.1. The van der Waals surface area contributed by atoms with Crippen molar-refractivity contribution < 1.29 is 76.3 Å². The van der Waals surface area contributed by atoms with Crippen LogP contribution in [0.4, 0.5) is 0 Å². The molecule has 0 aliphatic heterocycles. The van der Waals surface area contributed by atoms with Crippen LogP contribution in [0.15, 0.2) is 13.2 Å². The van der Waals surface area contributed by atoms with Gasteiger partial charge in [-0.05, 0) is 0 Å². The smallest absolute Gasteiger partial charge is 0.305 e. The number of esters is 8. The van der Waals surface area contributed by atoms with Gasteiger partial charge in [-0.2, -0.15) is 0 Å². The van der Waals surface area contributed by atoms with Crippen LogP contribution in [0.25, 0.3) is 0 Å². The van der Waals surface area contributed by atoms with Crippen LogP contribution in [-0.4, -0.2) is 74.9 Å². The highest BCUT2D eigenvalue weighted by Crippen LogP contribution is 1.81. The molecule has 0 saturated carbocycles. The summed E-state index contributed by atoms with van der Waals surface area (Å²) in [4.78, 5) is 80.1. The molecule has 0 aromatic rings. The van der Waals surface area contributed by atoms with Gasteiger partial charge in [0.2, 0.25) is 27.2 Å². The lowest BCUT2D eigenvalue weighted by Gasteiger charge is -1.99. The summed E-state index contributed by atoms with van der Waals surface area (Å²) in [5.74, 6) is -3.69. The van der Waals surface area contributed by atoms with Gasteiger partial charge in [0.15, 0.2) is 0 Å². The summed E-state index contributed by atoms with van der Waals surface area (Å²) >= 11 is 0. The summed E-state index contributed by atoms with van der Waals surface area (Å²) in [7, 11) is 0. The summed E-state index contributed by atoms with van der Waals surface area (Å²) in [6.45, 7) is 14.8. The van der Waals surface area contributed by atoms with Gasteiger partial charge in [0.1, 0.15) is 0 Å². The van der Waals surface area contributed by atoms with Crippen molar-refractivity contribution in [3.63, 3.8) is 0 Å². The normalized spacial score (nSPS) is 7.50. The number of hydrogen-bond donors (Lipinski definition) is 2. The Morgan fingerprint density at radius 3 is 0.450 bits per heavy atom. The van der Waals surface area contributed by atoms with E-state index in [1.54, 1.807) is 0 Å². The topological polar surface area (TPSA) is 280 Å². The minimum atomic E-state index is -0.462. The Morgan fingerprint density at radius 1 is 0.325 bits per heavy atom. The van der Waals surface area contributed by atoms with Crippen molar-refractivity contribution >= 4 is 47.8 Å². The van der Waals surface area contributed by atoms with Gasteiger partial charge in [-0.15, -0.1) is 13.2 Å². The Morgan fingerprint density at radius 2 is 0.400 bits per heavy atom. The Hall–Kier alpha value is -4.58. The third kappa shape index (κ3) is 93.1. The Bertz CT molecular complexity index is 564. The maximum atomic E-state index is 10.0. The first kappa shape index (κ1) is 52.0. The highest BCUT2D eigenvalue weighted by Gasteiger charge is 1.95. The summed E-state index contributed by atoms with van der Waals surface area (Å²) in [5, 5.41) is 0. The van der Waals surface area contributed by atoms with Gasteiger partial charge in [0.05, 0.1) is 0 Å². The second kappa shape index (κ2) is 38.9. The molecule has 0 heterocycles. The maximum absolute atomic E-state index is 10.0. The predicted octanol–water partition coefficient (Wildman–Crippen LogP) is 1.41. The molecule has 6 N–H and O–H groups in total. The molecule has 0 aliphatic rings. The maximum Gasteiger partial charge on any atom is 0.305 e. The molecule has 18 heteroatoms. The van der Waals surface area contributed by atoms with Crippen LogP contribution < -0.4 is 12.3 Å². The van der Waals surface area contributed by atoms with E-state index in [1.165, 1.54) is 55.4 Å². The lowest BCUT2D eigenvalue weighted by Crippen LogP contribution is -2.07. The first-order chi connectivity index (χ1) is 17.5. The van der Waals surface area contributed by atoms with Gasteiger partial charge in [-0.3, -0.25) is 38.4 Å². The van der Waals surface area contributed by atoms with E-state index in [-0.39, 0.29) is 39.5 Å². The first-order valence-corrected chi connectivity index (χ1v) is 10.1. The molecule has 0 bridgehead atoms. The van der Waals surface area contributed by atoms with Crippen molar-refractivity contribution in [2.45, 2.75) is 55.4 Å². The van der Waals surface area contributed by atoms with Crippen LogP contribution in [0, 0.1) is 0 Å². The van der Waals surface area contributed by atoms with E-state index in [4.69, 9.17) is 0 Å². The fraction of sp³-hybridized carbons (Fsp3) is 0.545. The molecule has 40 heavy (non-hydrogen) atoms. The van der Waals surface area contributed by atoms with Gasteiger partial charge >= 0.3 is 47.8 Å². The SMILES string of the molecule is C=C.CC(=O)OCOC(C)=O.CC(=O)OCOC(C)=O.CC(=O)OCOC(C)=O.CC(=O)OCOC(C)=O.N.N. The molecular formula is C22H42N2O16. The zero-order chi connectivity index (χ0) is 31.1. The number of hydrogen-bond acceptors (Lipinski definition) is 18. The third-order valence-corrected chi connectivity index (χ3v) is 2.10. The quantitative estimate of drug-likeness (QED) is 0.175. The Balaban J connectivity index is -0.0000000699. The highest BCUT2D eigenvalue weighted by atomic mass is 16.7. The average molecular weight is 591 g/mol. The van der Waals surface area contributed by atoms with E-state index in [0.29, 0.717) is 0 Å². The molecule has 0 spiro atoms. The number of ether oxygens (including phenoxy) is 8. The van der Waals surface area contributed by atoms with Gasteiger partial charge in [0, 0.05) is 55.4 Å². The van der Waals surface area contributed by atoms with E-state index in [9.17, 15) is 38.4 Å². The second-order valence-corrected chi connectivity index (χ2v) is 5.56. The minimum absolute atomic E-state index is 0. The fourth-order valence-electron chi connectivity index (χ4n) is 0.782. The molecule has 0 unspecified atom stereocenters. The van der Waals surface area contributed by atoms with E-state index in [2.05, 4.69) is 51.1 Å². The molecule has 0 saturated heterocycles. The van der Waals surface area contributed by atoms with Crippen LogP contribution in [0.3, 0.4) is 0 Å². The van der Waals surface area contributed by atoms with Gasteiger partial charge in [0.25, 0.3) is 0 Å². The van der Waals surface area contributed by atoms with Crippen LogP contribution in [0.2, 0.25) is 0 Å². The number of carbonyl (C=O) groups is 8. The molecule has 0 aliphatic carbocycles. The van der Waals surface area contributed by atoms with Crippen LogP contribution in [-0.2, 0) is 76.3 Å². The van der Waals surface area contributed by atoms with Gasteiger partial charge in [-0.25, -0.2) is 0 Å². The zero-order valence-corrected chi connectivity index (χ0v) is 24.2. The summed E-state index contributed by atoms with van der Waals surface area (Å²) in [5.41, 5.74) is 0. The Kier molecular flexibility index (Phi) is 50.6. The third-order valence-electron chi connectivity index (χ3n) is 2.10. The molecule has 0 amide bonds. The van der Waals surface area contributed by atoms with E-state index >= 15 is 0 Å². The number of carbonyl (C=O) groups excluding carboxylic acids is 8. The standard InChI is InChI=1S/4C5H8O4.C2H4.2H3N/c4*1-4(6)8-3-9-5(2)7;1-2;;/h4*3H2,1-2H3;1-2H2;2*1H3. The Labute approximate surface area is 232 Å². The molecule has 0 fully saturated rings. The van der Waals surface area contributed by atoms with Crippen molar-refractivity contribution in [3.8, 4) is 0 Å². The van der Waals surface area contributed by atoms with Crippen molar-refractivity contribution in [3.05, 3.63) is 13.2 Å². The lowest BCUT2D eigenvalue weighted by molar-refractivity contribution is -0.165. The summed E-state index contributed by atoms with van der Waals surface area (Å²) in [6, 6.07) is 0. The molecule has 236 valence electrons. The molecule has 0 aromatic carbocycles. The van der Waals surface area contributed by atoms with Crippen molar-refractivity contribution in [2.75, 3.05) is 27.2 Å². The van der Waals surface area contributed by atoms with Crippen molar-refractivity contribution in [1.82, 2.24) is 12.3 Å². The van der Waals surface area contributed by atoms with Crippen LogP contribution in [0.5, 0.6) is 0 Å². The van der Waals surface area contributed by atoms with E-state index in [0.717, 1.165) is 0 Å². The van der Waals surface area contributed by atoms with E-state index < -0.39 is 47.8 Å². The molecule has 0 rings (SSSR count). The van der Waals surface area contributed by atoms with Gasteiger partial charge < -0.3 is 50.2 Å². The number of rotatable bonds is 8. The lowest BCUT2D eigenvalue weighted by atomic mass is 10.8. The predicted molar refractivity (Wildman–Crippen MR) is 135 cm³/mol. The summed E-state index contributed by atoms with van der Waals surface area (Å²) in [6.07, 6.45) is 0. The van der Waals surface area contributed by atoms with Gasteiger partial charge in [-0.1, -0.05) is 0 Å². The molecule has 0 aromatic heterocycles. The molecule has 0 atom stereocenters. The largest absolute Gasteiger partial charge is 0.428 e.